The Morgan fingerprint density at radius 3 is 2.52 bits per heavy atom. The molecule has 0 unspecified atom stereocenters. The van der Waals surface area contributed by atoms with Crippen molar-refractivity contribution in [2.24, 2.45) is 0 Å². The first-order valence-electron chi connectivity index (χ1n) is 7.81. The smallest absolute Gasteiger partial charge is 0.257 e. The van der Waals surface area contributed by atoms with Crippen LogP contribution in [0.4, 0.5) is 10.1 Å². The first kappa shape index (κ1) is 16.0. The molecule has 2 aromatic rings. The molecule has 0 aliphatic heterocycles. The summed E-state index contributed by atoms with van der Waals surface area (Å²) in [5, 5.41) is -0.601. The zero-order valence-corrected chi connectivity index (χ0v) is 13.9. The Hall–Kier alpha value is -1.88. The van der Waals surface area contributed by atoms with E-state index in [1.54, 1.807) is 6.07 Å². The molecule has 23 heavy (non-hydrogen) atoms. The molecule has 1 heterocycles. The summed E-state index contributed by atoms with van der Waals surface area (Å²) >= 11 is 5.52. The summed E-state index contributed by atoms with van der Waals surface area (Å²) in [7, 11) is 0. The molecule has 0 saturated heterocycles. The summed E-state index contributed by atoms with van der Waals surface area (Å²) in [6, 6.07) is 3.18. The number of hydrogen-bond acceptors (Lipinski definition) is 3. The topological polar surface area (TPSA) is 42.3 Å². The lowest BCUT2D eigenvalue weighted by Crippen LogP contribution is -2.24. The van der Waals surface area contributed by atoms with Gasteiger partial charge in [0.15, 0.2) is 0 Å². The molecule has 1 aliphatic rings. The van der Waals surface area contributed by atoms with Crippen LogP contribution in [-0.2, 0) is 0 Å². The number of carbonyl (C=O) groups is 1. The summed E-state index contributed by atoms with van der Waals surface area (Å²) in [5.41, 5.74) is 0.520. The first-order chi connectivity index (χ1) is 11.0. The highest BCUT2D eigenvalue weighted by Gasteiger charge is 2.27. The molecule has 0 atom stereocenters. The van der Waals surface area contributed by atoms with Gasteiger partial charge in [0.1, 0.15) is 5.82 Å². The van der Waals surface area contributed by atoms with E-state index in [-0.39, 0.29) is 17.0 Å². The van der Waals surface area contributed by atoms with Crippen LogP contribution in [0.1, 0.15) is 43.1 Å². The highest BCUT2D eigenvalue weighted by molar-refractivity contribution is 6.67. The van der Waals surface area contributed by atoms with E-state index >= 15 is 0 Å². The molecule has 1 aliphatic carbocycles. The number of anilines is 1. The van der Waals surface area contributed by atoms with Gasteiger partial charge in [0.05, 0.1) is 16.8 Å². The second-order valence-electron chi connectivity index (χ2n) is 5.78. The Morgan fingerprint density at radius 1 is 1.35 bits per heavy atom. The Kier molecular flexibility index (Phi) is 4.15. The predicted octanol–water partition coefficient (Wildman–Crippen LogP) is 3.70. The molecule has 122 valence electrons. The van der Waals surface area contributed by atoms with Crippen molar-refractivity contribution in [3.8, 4) is 0 Å². The molecule has 3 rings (SSSR count). The molecule has 0 spiro atoms. The molecular formula is C17H18ClFN2O2. The lowest BCUT2D eigenvalue weighted by atomic mass is 10.1. The van der Waals surface area contributed by atoms with Gasteiger partial charge in [-0.3, -0.25) is 9.59 Å². The van der Waals surface area contributed by atoms with Gasteiger partial charge in [0.2, 0.25) is 5.43 Å². The number of hydrogen-bond donors (Lipinski definition) is 0. The molecule has 0 bridgehead atoms. The minimum absolute atomic E-state index is 0.0962. The molecule has 1 aromatic carbocycles. The van der Waals surface area contributed by atoms with Gasteiger partial charge in [0.25, 0.3) is 5.24 Å². The van der Waals surface area contributed by atoms with Crippen molar-refractivity contribution < 1.29 is 9.18 Å². The average Bonchev–Trinajstić information content (AvgIpc) is 3.34. The fourth-order valence-corrected chi connectivity index (χ4v) is 3.09. The minimum atomic E-state index is -0.806. The Labute approximate surface area is 138 Å². The fraction of sp³-hybridized carbons (Fsp3) is 0.412. The monoisotopic (exact) mass is 336 g/mol. The van der Waals surface area contributed by atoms with E-state index in [0.29, 0.717) is 24.3 Å². The normalized spacial score (nSPS) is 14.3. The molecule has 4 nitrogen and oxygen atoms in total. The van der Waals surface area contributed by atoms with Gasteiger partial charge in [-0.1, -0.05) is 0 Å². The van der Waals surface area contributed by atoms with Gasteiger partial charge in [-0.25, -0.2) is 4.39 Å². The number of nitrogens with zero attached hydrogens (tertiary/aromatic N) is 2. The number of aromatic nitrogens is 1. The summed E-state index contributed by atoms with van der Waals surface area (Å²) < 4.78 is 16.4. The number of rotatable bonds is 5. The molecular weight excluding hydrogens is 319 g/mol. The maximum absolute atomic E-state index is 14.5. The van der Waals surface area contributed by atoms with Crippen molar-refractivity contribution >= 4 is 33.4 Å². The van der Waals surface area contributed by atoms with Crippen molar-refractivity contribution in [1.82, 2.24) is 4.57 Å². The maximum Gasteiger partial charge on any atom is 0.257 e. The van der Waals surface area contributed by atoms with E-state index in [4.69, 9.17) is 11.6 Å². The number of fused-ring (bicyclic) bond motifs is 1. The van der Waals surface area contributed by atoms with Crippen LogP contribution in [0.2, 0.25) is 0 Å². The van der Waals surface area contributed by atoms with Crippen LogP contribution in [0.25, 0.3) is 10.9 Å². The van der Waals surface area contributed by atoms with E-state index in [9.17, 15) is 14.0 Å². The zero-order chi connectivity index (χ0) is 16.7. The largest absolute Gasteiger partial charge is 0.370 e. The van der Waals surface area contributed by atoms with Crippen LogP contribution < -0.4 is 10.3 Å². The van der Waals surface area contributed by atoms with Crippen molar-refractivity contribution in [3.63, 3.8) is 0 Å². The van der Waals surface area contributed by atoms with Crippen LogP contribution in [0.5, 0.6) is 0 Å². The minimum Gasteiger partial charge on any atom is -0.370 e. The van der Waals surface area contributed by atoms with Crippen LogP contribution in [0.15, 0.2) is 23.1 Å². The van der Waals surface area contributed by atoms with Crippen molar-refractivity contribution in [2.75, 3.05) is 18.0 Å². The summed E-state index contributed by atoms with van der Waals surface area (Å²) in [5.74, 6) is -0.459. The summed E-state index contributed by atoms with van der Waals surface area (Å²) in [6.45, 7) is 5.25. The molecule has 1 fully saturated rings. The van der Waals surface area contributed by atoms with Gasteiger partial charge in [-0.2, -0.15) is 0 Å². The van der Waals surface area contributed by atoms with Gasteiger partial charge in [0, 0.05) is 30.7 Å². The van der Waals surface area contributed by atoms with E-state index in [1.807, 2.05) is 23.3 Å². The second-order valence-corrected chi connectivity index (χ2v) is 6.12. The third-order valence-corrected chi connectivity index (χ3v) is 4.56. The van der Waals surface area contributed by atoms with Gasteiger partial charge in [-0.05, 0) is 50.4 Å². The standard InChI is InChI=1S/C17H18ClFN2O2/c1-3-20(4-2)15-8-14-11(7-13(15)19)16(22)12(17(18)23)9-21(14)10-5-6-10/h7-10H,3-6H2,1-2H3. The lowest BCUT2D eigenvalue weighted by molar-refractivity contribution is 0.108. The van der Waals surface area contributed by atoms with E-state index in [1.165, 1.54) is 12.3 Å². The van der Waals surface area contributed by atoms with E-state index in [0.717, 1.165) is 12.8 Å². The van der Waals surface area contributed by atoms with Crippen LogP contribution >= 0.6 is 11.6 Å². The van der Waals surface area contributed by atoms with Crippen molar-refractivity contribution in [1.29, 1.82) is 0 Å². The Bertz CT molecular complexity index is 839. The highest BCUT2D eigenvalue weighted by atomic mass is 35.5. The van der Waals surface area contributed by atoms with E-state index in [2.05, 4.69) is 0 Å². The molecule has 0 amide bonds. The van der Waals surface area contributed by atoms with Crippen LogP contribution in [-0.4, -0.2) is 22.9 Å². The summed E-state index contributed by atoms with van der Waals surface area (Å²) in [4.78, 5) is 25.8. The molecule has 0 N–H and O–H groups in total. The first-order valence-corrected chi connectivity index (χ1v) is 8.18. The van der Waals surface area contributed by atoms with Crippen molar-refractivity contribution in [2.45, 2.75) is 32.7 Å². The van der Waals surface area contributed by atoms with Crippen LogP contribution in [0.3, 0.4) is 0 Å². The van der Waals surface area contributed by atoms with Gasteiger partial charge in [-0.15, -0.1) is 0 Å². The number of pyridine rings is 1. The zero-order valence-electron chi connectivity index (χ0n) is 13.1. The quantitative estimate of drug-likeness (QED) is 0.782. The van der Waals surface area contributed by atoms with E-state index < -0.39 is 16.5 Å². The lowest BCUT2D eigenvalue weighted by Gasteiger charge is -2.23. The van der Waals surface area contributed by atoms with Gasteiger partial charge < -0.3 is 9.47 Å². The molecule has 1 aromatic heterocycles. The van der Waals surface area contributed by atoms with Crippen molar-refractivity contribution in [3.05, 3.63) is 39.9 Å². The number of benzene rings is 1. The second kappa shape index (κ2) is 5.96. The Morgan fingerprint density at radius 2 is 2.00 bits per heavy atom. The molecule has 1 saturated carbocycles. The molecule has 6 heteroatoms. The maximum atomic E-state index is 14.5. The molecule has 0 radical (unpaired) electrons. The highest BCUT2D eigenvalue weighted by Crippen LogP contribution is 2.38. The third kappa shape index (κ3) is 2.74. The van der Waals surface area contributed by atoms with Crippen LogP contribution in [0, 0.1) is 5.82 Å². The number of halogens is 2. The Balaban J connectivity index is 2.34. The fourth-order valence-electron chi connectivity index (χ4n) is 2.96. The predicted molar refractivity (Wildman–Crippen MR) is 90.2 cm³/mol. The van der Waals surface area contributed by atoms with Gasteiger partial charge >= 0.3 is 0 Å². The SMILES string of the molecule is CCN(CC)c1cc2c(cc1F)c(=O)c(C(=O)Cl)cn2C1CC1. The third-order valence-electron chi connectivity index (χ3n) is 4.36. The number of carbonyl (C=O) groups excluding carboxylic acids is 1. The average molecular weight is 337 g/mol. The summed E-state index contributed by atoms with van der Waals surface area (Å²) in [6.07, 6.45) is 3.47.